The topological polar surface area (TPSA) is 62.1 Å². The molecule has 0 radical (unpaired) electrons. The highest BCUT2D eigenvalue weighted by Gasteiger charge is 2.32. The van der Waals surface area contributed by atoms with E-state index >= 15 is 0 Å². The van der Waals surface area contributed by atoms with Crippen LogP contribution in [-0.4, -0.2) is 12.7 Å². The van der Waals surface area contributed by atoms with Gasteiger partial charge in [-0.25, -0.2) is 4.79 Å². The van der Waals surface area contributed by atoms with E-state index in [1.54, 1.807) is 6.92 Å². The first-order valence-electron chi connectivity index (χ1n) is 7.35. The molecule has 1 heterocycles. The number of nitrogens with one attached hydrogen (secondary N) is 1. The molecular weight excluding hydrogens is 284 g/mol. The fourth-order valence-corrected chi connectivity index (χ4v) is 4.05. The molecule has 0 aliphatic heterocycles. The van der Waals surface area contributed by atoms with Crippen LogP contribution in [0.15, 0.2) is 0 Å². The van der Waals surface area contributed by atoms with E-state index in [1.807, 2.05) is 0 Å². The summed E-state index contributed by atoms with van der Waals surface area (Å²) in [5.41, 5.74) is 2.01. The molecule has 114 valence electrons. The van der Waals surface area contributed by atoms with E-state index in [4.69, 9.17) is 4.74 Å². The Kier molecular flexibility index (Phi) is 4.58. The molecule has 0 spiro atoms. The van der Waals surface area contributed by atoms with Crippen molar-refractivity contribution in [1.82, 2.24) is 0 Å². The van der Waals surface area contributed by atoms with Crippen LogP contribution in [0.2, 0.25) is 0 Å². The number of amides is 1. The summed E-state index contributed by atoms with van der Waals surface area (Å²) in [7, 11) is 0. The van der Waals surface area contributed by atoms with Gasteiger partial charge in [-0.2, -0.15) is 5.26 Å². The van der Waals surface area contributed by atoms with Crippen molar-refractivity contribution in [3.8, 4) is 6.07 Å². The number of nitriles is 1. The second kappa shape index (κ2) is 6.07. The summed E-state index contributed by atoms with van der Waals surface area (Å²) in [6.07, 6.45) is 2.52. The van der Waals surface area contributed by atoms with Gasteiger partial charge in [-0.1, -0.05) is 20.8 Å². The Morgan fingerprint density at radius 1 is 1.52 bits per heavy atom. The maximum atomic E-state index is 11.6. The molecule has 5 heteroatoms. The molecule has 1 aliphatic rings. The molecule has 21 heavy (non-hydrogen) atoms. The fraction of sp³-hybridized carbons (Fsp3) is 0.625. The molecule has 0 saturated carbocycles. The third-order valence-electron chi connectivity index (χ3n) is 4.09. The van der Waals surface area contributed by atoms with Crippen LogP contribution in [0.3, 0.4) is 0 Å². The second-order valence-corrected chi connectivity index (χ2v) is 7.58. The van der Waals surface area contributed by atoms with Gasteiger partial charge in [0, 0.05) is 4.88 Å². The van der Waals surface area contributed by atoms with Gasteiger partial charge in [0.25, 0.3) is 0 Å². The number of carbonyl (C=O) groups is 1. The van der Waals surface area contributed by atoms with Gasteiger partial charge >= 0.3 is 6.09 Å². The van der Waals surface area contributed by atoms with Crippen molar-refractivity contribution < 1.29 is 9.53 Å². The number of rotatable bonds is 2. The van der Waals surface area contributed by atoms with Crippen molar-refractivity contribution in [2.45, 2.75) is 47.0 Å². The Balaban J connectivity index is 2.26. The molecule has 0 aromatic carbocycles. The lowest BCUT2D eigenvalue weighted by Crippen LogP contribution is -2.26. The van der Waals surface area contributed by atoms with Gasteiger partial charge in [-0.15, -0.1) is 11.3 Å². The maximum absolute atomic E-state index is 11.6. The number of hydrogen-bond acceptors (Lipinski definition) is 4. The number of anilines is 1. The van der Waals surface area contributed by atoms with E-state index in [-0.39, 0.29) is 5.41 Å². The van der Waals surface area contributed by atoms with Gasteiger partial charge in [0.1, 0.15) is 11.1 Å². The third-order valence-corrected chi connectivity index (χ3v) is 5.26. The average Bonchev–Trinajstić information content (AvgIpc) is 2.73. The largest absolute Gasteiger partial charge is 0.450 e. The molecule has 1 atom stereocenters. The predicted octanol–water partition coefficient (Wildman–Crippen LogP) is 4.34. The Labute approximate surface area is 130 Å². The van der Waals surface area contributed by atoms with Crippen molar-refractivity contribution in [1.29, 1.82) is 5.26 Å². The third kappa shape index (κ3) is 3.38. The van der Waals surface area contributed by atoms with Crippen molar-refractivity contribution >= 4 is 22.4 Å². The first-order valence-corrected chi connectivity index (χ1v) is 8.16. The van der Waals surface area contributed by atoms with Gasteiger partial charge in [0.2, 0.25) is 0 Å². The number of hydrogen-bond donors (Lipinski definition) is 1. The Hall–Kier alpha value is -1.54. The van der Waals surface area contributed by atoms with E-state index in [0.29, 0.717) is 23.1 Å². The van der Waals surface area contributed by atoms with E-state index < -0.39 is 6.09 Å². The molecule has 1 amide bonds. The fourth-order valence-electron chi connectivity index (χ4n) is 2.79. The quantitative estimate of drug-likeness (QED) is 0.884. The molecule has 4 nitrogen and oxygen atoms in total. The SMILES string of the molecule is CCOC(=O)Nc1sc2c(c1C#N)CCC(C(C)(C)C)C2. The Morgan fingerprint density at radius 3 is 2.81 bits per heavy atom. The van der Waals surface area contributed by atoms with Crippen LogP contribution in [0.5, 0.6) is 0 Å². The summed E-state index contributed by atoms with van der Waals surface area (Å²) < 4.78 is 4.90. The number of thiophene rings is 1. The van der Waals surface area contributed by atoms with Crippen molar-refractivity contribution in [2.24, 2.45) is 11.3 Å². The van der Waals surface area contributed by atoms with Crippen LogP contribution in [0.25, 0.3) is 0 Å². The maximum Gasteiger partial charge on any atom is 0.412 e. The zero-order chi connectivity index (χ0) is 15.6. The highest BCUT2D eigenvalue weighted by Crippen LogP contribution is 2.43. The number of nitrogens with zero attached hydrogens (tertiary/aromatic N) is 1. The van der Waals surface area contributed by atoms with E-state index in [9.17, 15) is 10.1 Å². The van der Waals surface area contributed by atoms with E-state index in [0.717, 1.165) is 24.8 Å². The first kappa shape index (κ1) is 15.8. The minimum Gasteiger partial charge on any atom is -0.450 e. The highest BCUT2D eigenvalue weighted by atomic mass is 32.1. The summed E-state index contributed by atoms with van der Waals surface area (Å²) in [4.78, 5) is 12.8. The molecule has 2 rings (SSSR count). The van der Waals surface area contributed by atoms with Gasteiger partial charge in [0.05, 0.1) is 12.2 Å². The molecule has 0 saturated heterocycles. The minimum absolute atomic E-state index is 0.267. The lowest BCUT2D eigenvalue weighted by atomic mass is 9.72. The van der Waals surface area contributed by atoms with Crippen LogP contribution < -0.4 is 5.32 Å². The van der Waals surface area contributed by atoms with Crippen LogP contribution >= 0.6 is 11.3 Å². The molecule has 1 aromatic rings. The molecule has 1 unspecified atom stereocenters. The van der Waals surface area contributed by atoms with Gasteiger partial charge in [-0.3, -0.25) is 5.32 Å². The normalized spacial score (nSPS) is 17.8. The minimum atomic E-state index is -0.486. The van der Waals surface area contributed by atoms with Crippen LogP contribution in [0, 0.1) is 22.7 Å². The average molecular weight is 306 g/mol. The smallest absolute Gasteiger partial charge is 0.412 e. The van der Waals surface area contributed by atoms with Gasteiger partial charge < -0.3 is 4.74 Å². The molecule has 1 aromatic heterocycles. The molecule has 0 fully saturated rings. The van der Waals surface area contributed by atoms with Crippen molar-refractivity contribution in [2.75, 3.05) is 11.9 Å². The second-order valence-electron chi connectivity index (χ2n) is 6.47. The zero-order valence-corrected chi connectivity index (χ0v) is 13.9. The summed E-state index contributed by atoms with van der Waals surface area (Å²) in [5, 5.41) is 12.7. The number of fused-ring (bicyclic) bond motifs is 1. The van der Waals surface area contributed by atoms with Crippen LogP contribution in [0.4, 0.5) is 9.80 Å². The van der Waals surface area contributed by atoms with Gasteiger partial charge in [-0.05, 0) is 43.1 Å². The Bertz CT molecular complexity index is 578. The zero-order valence-electron chi connectivity index (χ0n) is 13.1. The summed E-state index contributed by atoms with van der Waals surface area (Å²) in [6.45, 7) is 8.88. The monoisotopic (exact) mass is 306 g/mol. The van der Waals surface area contributed by atoms with E-state index in [1.165, 1.54) is 16.2 Å². The summed E-state index contributed by atoms with van der Waals surface area (Å²) >= 11 is 1.53. The van der Waals surface area contributed by atoms with Crippen molar-refractivity contribution in [3.05, 3.63) is 16.0 Å². The number of carbonyl (C=O) groups excluding carboxylic acids is 1. The van der Waals surface area contributed by atoms with E-state index in [2.05, 4.69) is 32.2 Å². The summed E-state index contributed by atoms with van der Waals surface area (Å²) in [5.74, 6) is 0.616. The van der Waals surface area contributed by atoms with Crippen LogP contribution in [0.1, 0.15) is 50.1 Å². The Morgan fingerprint density at radius 2 is 2.24 bits per heavy atom. The standard InChI is InChI=1S/C16H22N2O2S/c1-5-20-15(19)18-14-12(9-17)11-7-6-10(16(2,3)4)8-13(11)21-14/h10H,5-8H2,1-4H3,(H,18,19). The molecule has 1 aliphatic carbocycles. The first-order chi connectivity index (χ1) is 9.86. The lowest BCUT2D eigenvalue weighted by Gasteiger charge is -2.33. The predicted molar refractivity (Wildman–Crippen MR) is 84.6 cm³/mol. The van der Waals surface area contributed by atoms with Gasteiger partial charge in [0.15, 0.2) is 0 Å². The van der Waals surface area contributed by atoms with Crippen molar-refractivity contribution in [3.63, 3.8) is 0 Å². The summed E-state index contributed by atoms with van der Waals surface area (Å²) in [6, 6.07) is 2.24. The molecular formula is C16H22N2O2S. The number of ether oxygens (including phenoxy) is 1. The molecule has 1 N–H and O–H groups in total. The lowest BCUT2D eigenvalue weighted by molar-refractivity contribution is 0.168. The van der Waals surface area contributed by atoms with Crippen LogP contribution in [-0.2, 0) is 17.6 Å². The highest BCUT2D eigenvalue weighted by molar-refractivity contribution is 7.16. The molecule has 0 bridgehead atoms.